The fourth-order valence-corrected chi connectivity index (χ4v) is 3.42. The van der Waals surface area contributed by atoms with Gasteiger partial charge in [0.25, 0.3) is 5.91 Å². The first kappa shape index (κ1) is 17.9. The topological polar surface area (TPSA) is 73.5 Å². The molecule has 2 amide bonds. The molecule has 3 rings (SSSR count). The van der Waals surface area contributed by atoms with Gasteiger partial charge in [-0.2, -0.15) is 0 Å². The Balaban J connectivity index is 1.39. The number of likely N-dealkylation sites (tertiary alicyclic amines) is 1. The van der Waals surface area contributed by atoms with Gasteiger partial charge in [0.15, 0.2) is 0 Å². The van der Waals surface area contributed by atoms with Crippen LogP contribution in [-0.2, 0) is 11.3 Å². The van der Waals surface area contributed by atoms with Crippen LogP contribution in [0.2, 0.25) is 0 Å². The number of benzene rings is 1. The molecule has 25 heavy (non-hydrogen) atoms. The third-order valence-corrected chi connectivity index (χ3v) is 5.03. The number of hydrogen-bond donors (Lipinski definition) is 3. The van der Waals surface area contributed by atoms with Crippen molar-refractivity contribution in [3.8, 4) is 0 Å². The summed E-state index contributed by atoms with van der Waals surface area (Å²) < 4.78 is 0. The maximum absolute atomic E-state index is 12.2. The van der Waals surface area contributed by atoms with E-state index in [0.29, 0.717) is 18.7 Å². The number of amides is 2. The molecule has 2 aliphatic rings. The molecule has 1 unspecified atom stereocenters. The quantitative estimate of drug-likeness (QED) is 0.682. The van der Waals surface area contributed by atoms with Crippen LogP contribution in [0.1, 0.15) is 35.2 Å². The normalized spacial score (nSPS) is 20.6. The molecule has 2 fully saturated rings. The summed E-state index contributed by atoms with van der Waals surface area (Å²) >= 11 is 0. The summed E-state index contributed by atoms with van der Waals surface area (Å²) in [7, 11) is 0. The highest BCUT2D eigenvalue weighted by molar-refractivity contribution is 5.94. The van der Waals surface area contributed by atoms with Crippen LogP contribution in [0.3, 0.4) is 0 Å². The van der Waals surface area contributed by atoms with Crippen molar-refractivity contribution in [1.29, 1.82) is 0 Å². The van der Waals surface area contributed by atoms with E-state index in [1.807, 2.05) is 24.3 Å². The second-order valence-corrected chi connectivity index (χ2v) is 6.91. The molecule has 3 N–H and O–H groups in total. The number of carbonyl (C=O) groups excluding carboxylic acids is 2. The largest absolute Gasteiger partial charge is 0.352 e. The van der Waals surface area contributed by atoms with E-state index in [9.17, 15) is 9.59 Å². The van der Waals surface area contributed by atoms with E-state index in [4.69, 9.17) is 0 Å². The molecule has 136 valence electrons. The zero-order chi connectivity index (χ0) is 17.5. The van der Waals surface area contributed by atoms with Crippen molar-refractivity contribution in [3.63, 3.8) is 0 Å². The van der Waals surface area contributed by atoms with Gasteiger partial charge in [-0.1, -0.05) is 12.1 Å². The first-order chi connectivity index (χ1) is 12.2. The Morgan fingerprint density at radius 2 is 1.88 bits per heavy atom. The summed E-state index contributed by atoms with van der Waals surface area (Å²) in [5.41, 5.74) is 1.67. The monoisotopic (exact) mass is 344 g/mol. The van der Waals surface area contributed by atoms with Crippen LogP contribution in [-0.4, -0.2) is 56.0 Å². The zero-order valence-electron chi connectivity index (χ0n) is 14.7. The van der Waals surface area contributed by atoms with Gasteiger partial charge in [0.2, 0.25) is 5.91 Å². The van der Waals surface area contributed by atoms with Crippen LogP contribution in [0.15, 0.2) is 24.3 Å². The zero-order valence-corrected chi connectivity index (χ0v) is 14.7. The van der Waals surface area contributed by atoms with Crippen molar-refractivity contribution in [2.24, 2.45) is 5.92 Å². The summed E-state index contributed by atoms with van der Waals surface area (Å²) in [6.45, 7) is 6.09. The maximum Gasteiger partial charge on any atom is 0.251 e. The number of nitrogens with one attached hydrogen (secondary N) is 3. The highest BCUT2D eigenvalue weighted by atomic mass is 16.2. The van der Waals surface area contributed by atoms with Crippen molar-refractivity contribution in [2.45, 2.75) is 25.8 Å². The second-order valence-electron chi connectivity index (χ2n) is 6.91. The number of nitrogens with zero attached hydrogens (tertiary/aromatic N) is 1. The first-order valence-electron chi connectivity index (χ1n) is 9.30. The van der Waals surface area contributed by atoms with E-state index in [-0.39, 0.29) is 17.7 Å². The van der Waals surface area contributed by atoms with Crippen molar-refractivity contribution in [1.82, 2.24) is 20.9 Å². The summed E-state index contributed by atoms with van der Waals surface area (Å²) in [5.74, 6) is 0.154. The predicted octanol–water partition coefficient (Wildman–Crippen LogP) is 0.738. The van der Waals surface area contributed by atoms with Gasteiger partial charge in [-0.25, -0.2) is 0 Å². The highest BCUT2D eigenvalue weighted by Crippen LogP contribution is 2.09. The van der Waals surface area contributed by atoms with Gasteiger partial charge in [-0.3, -0.25) is 9.59 Å². The van der Waals surface area contributed by atoms with Crippen molar-refractivity contribution in [3.05, 3.63) is 35.4 Å². The molecule has 0 radical (unpaired) electrons. The fraction of sp³-hybridized carbons (Fsp3) is 0.579. The van der Waals surface area contributed by atoms with Crippen molar-refractivity contribution < 1.29 is 9.59 Å². The molecule has 2 saturated heterocycles. The molecule has 6 heteroatoms. The molecule has 1 atom stereocenters. The van der Waals surface area contributed by atoms with Gasteiger partial charge in [-0.05, 0) is 56.6 Å². The summed E-state index contributed by atoms with van der Waals surface area (Å²) in [4.78, 5) is 26.5. The Kier molecular flexibility index (Phi) is 6.42. The molecule has 0 saturated carbocycles. The Labute approximate surface area is 149 Å². The lowest BCUT2D eigenvalue weighted by Gasteiger charge is -2.14. The van der Waals surface area contributed by atoms with Gasteiger partial charge in [0.05, 0.1) is 5.92 Å². The standard InChI is InChI=1S/C19H28N4O2/c24-18(21-9-12-23-10-1-2-11-23)16-5-3-15(4-6-16)13-22-19(25)17-7-8-20-14-17/h3-6,17,20H,1-2,7-14H2,(H,21,24)(H,22,25). The molecule has 0 aliphatic carbocycles. The summed E-state index contributed by atoms with van der Waals surface area (Å²) in [6.07, 6.45) is 3.44. The average Bonchev–Trinajstić information content (AvgIpc) is 3.34. The van der Waals surface area contributed by atoms with Crippen LogP contribution in [0.5, 0.6) is 0 Å². The van der Waals surface area contributed by atoms with Crippen LogP contribution in [0, 0.1) is 5.92 Å². The lowest BCUT2D eigenvalue weighted by molar-refractivity contribution is -0.124. The summed E-state index contributed by atoms with van der Waals surface area (Å²) in [5, 5.41) is 9.14. The van der Waals surface area contributed by atoms with Crippen LogP contribution in [0.4, 0.5) is 0 Å². The van der Waals surface area contributed by atoms with Gasteiger partial charge in [-0.15, -0.1) is 0 Å². The van der Waals surface area contributed by atoms with E-state index in [2.05, 4.69) is 20.9 Å². The van der Waals surface area contributed by atoms with Gasteiger partial charge < -0.3 is 20.9 Å². The lowest BCUT2D eigenvalue weighted by atomic mass is 10.1. The van der Waals surface area contributed by atoms with E-state index in [0.717, 1.165) is 44.7 Å². The van der Waals surface area contributed by atoms with Crippen LogP contribution >= 0.6 is 0 Å². The molecule has 0 spiro atoms. The minimum atomic E-state index is -0.0354. The number of hydrogen-bond acceptors (Lipinski definition) is 4. The molecule has 2 heterocycles. The maximum atomic E-state index is 12.2. The predicted molar refractivity (Wildman–Crippen MR) is 97.3 cm³/mol. The van der Waals surface area contributed by atoms with Crippen molar-refractivity contribution >= 4 is 11.8 Å². The fourth-order valence-electron chi connectivity index (χ4n) is 3.42. The van der Waals surface area contributed by atoms with E-state index in [1.165, 1.54) is 12.8 Å². The minimum absolute atomic E-state index is 0.0354. The molecule has 1 aromatic carbocycles. The Bertz CT molecular complexity index is 576. The van der Waals surface area contributed by atoms with Crippen LogP contribution < -0.4 is 16.0 Å². The number of carbonyl (C=O) groups is 2. The third-order valence-electron chi connectivity index (χ3n) is 5.03. The van der Waals surface area contributed by atoms with Crippen LogP contribution in [0.25, 0.3) is 0 Å². The van der Waals surface area contributed by atoms with Crippen molar-refractivity contribution in [2.75, 3.05) is 39.3 Å². The SMILES string of the molecule is O=C(NCCN1CCCC1)c1ccc(CNC(=O)C2CCNC2)cc1. The molecule has 0 bridgehead atoms. The molecule has 1 aromatic rings. The summed E-state index contributed by atoms with van der Waals surface area (Å²) in [6, 6.07) is 7.46. The van der Waals surface area contributed by atoms with Gasteiger partial charge >= 0.3 is 0 Å². The van der Waals surface area contributed by atoms with E-state index in [1.54, 1.807) is 0 Å². The van der Waals surface area contributed by atoms with E-state index >= 15 is 0 Å². The van der Waals surface area contributed by atoms with Gasteiger partial charge in [0.1, 0.15) is 0 Å². The lowest BCUT2D eigenvalue weighted by Crippen LogP contribution is -2.33. The first-order valence-corrected chi connectivity index (χ1v) is 9.30. The molecule has 0 aromatic heterocycles. The smallest absolute Gasteiger partial charge is 0.251 e. The second kappa shape index (κ2) is 8.97. The third kappa shape index (κ3) is 5.28. The number of rotatable bonds is 7. The molecule has 6 nitrogen and oxygen atoms in total. The van der Waals surface area contributed by atoms with E-state index < -0.39 is 0 Å². The highest BCUT2D eigenvalue weighted by Gasteiger charge is 2.21. The Morgan fingerprint density at radius 1 is 1.12 bits per heavy atom. The minimum Gasteiger partial charge on any atom is -0.352 e. The molecule has 2 aliphatic heterocycles. The Hall–Kier alpha value is -1.92. The molecular formula is C19H28N4O2. The van der Waals surface area contributed by atoms with Gasteiger partial charge in [0, 0.05) is 31.7 Å². The molecular weight excluding hydrogens is 316 g/mol. The Morgan fingerprint density at radius 3 is 2.56 bits per heavy atom. The average molecular weight is 344 g/mol.